The van der Waals surface area contributed by atoms with E-state index in [0.717, 1.165) is 12.1 Å². The molecule has 1 aromatic carbocycles. The quantitative estimate of drug-likeness (QED) is 0.930. The van der Waals surface area contributed by atoms with E-state index in [1.165, 1.54) is 12.1 Å². The molecule has 19 heavy (non-hydrogen) atoms. The van der Waals surface area contributed by atoms with E-state index >= 15 is 0 Å². The third-order valence-electron chi connectivity index (χ3n) is 2.98. The zero-order chi connectivity index (χ0) is 14.0. The molecule has 0 fully saturated rings. The molecule has 0 bridgehead atoms. The molecular formula is C13H13F3N2O. The number of rotatable bonds is 3. The molecule has 102 valence electrons. The minimum absolute atomic E-state index is 0.355. The number of aliphatic hydroxyl groups is 1. The lowest BCUT2D eigenvalue weighted by Crippen LogP contribution is -2.15. The minimum atomic E-state index is -4.36. The lowest BCUT2D eigenvalue weighted by atomic mass is 10.0. The standard InChI is InChI=1S/C13H13F3N2O/c1-9(18-8-2-7-17-18)12(19)10-3-5-11(6-4-10)13(14,15)16/h2-9,12,19H,1H3. The summed E-state index contributed by atoms with van der Waals surface area (Å²) < 4.78 is 38.8. The fourth-order valence-electron chi connectivity index (χ4n) is 1.81. The Morgan fingerprint density at radius 2 is 1.84 bits per heavy atom. The molecule has 2 aromatic rings. The molecule has 1 N–H and O–H groups in total. The van der Waals surface area contributed by atoms with E-state index in [9.17, 15) is 18.3 Å². The van der Waals surface area contributed by atoms with Crippen molar-refractivity contribution in [2.24, 2.45) is 0 Å². The second-order valence-corrected chi connectivity index (χ2v) is 4.29. The van der Waals surface area contributed by atoms with Crippen LogP contribution in [0.4, 0.5) is 13.2 Å². The number of halogens is 3. The Morgan fingerprint density at radius 1 is 1.21 bits per heavy atom. The summed E-state index contributed by atoms with van der Waals surface area (Å²) in [6.45, 7) is 1.75. The Bertz CT molecular complexity index is 520. The maximum Gasteiger partial charge on any atom is 0.416 e. The summed E-state index contributed by atoms with van der Waals surface area (Å²) in [4.78, 5) is 0. The Hall–Kier alpha value is -1.82. The van der Waals surface area contributed by atoms with Crippen LogP contribution in [-0.4, -0.2) is 14.9 Å². The number of hydrogen-bond donors (Lipinski definition) is 1. The number of aliphatic hydroxyl groups excluding tert-OH is 1. The van der Waals surface area contributed by atoms with E-state index in [1.807, 2.05) is 0 Å². The lowest BCUT2D eigenvalue weighted by molar-refractivity contribution is -0.137. The van der Waals surface area contributed by atoms with Crippen LogP contribution in [0, 0.1) is 0 Å². The topological polar surface area (TPSA) is 38.0 Å². The zero-order valence-electron chi connectivity index (χ0n) is 10.2. The smallest absolute Gasteiger partial charge is 0.386 e. The van der Waals surface area contributed by atoms with Gasteiger partial charge >= 0.3 is 6.18 Å². The predicted molar refractivity (Wildman–Crippen MR) is 63.3 cm³/mol. The molecule has 2 atom stereocenters. The summed E-state index contributed by atoms with van der Waals surface area (Å²) >= 11 is 0. The SMILES string of the molecule is CC(C(O)c1ccc(C(F)(F)F)cc1)n1cccn1. The molecule has 0 spiro atoms. The monoisotopic (exact) mass is 270 g/mol. The van der Waals surface area contributed by atoms with E-state index < -0.39 is 17.8 Å². The van der Waals surface area contributed by atoms with Crippen LogP contribution in [-0.2, 0) is 6.18 Å². The van der Waals surface area contributed by atoms with Gasteiger partial charge in [0, 0.05) is 12.4 Å². The fraction of sp³-hybridized carbons (Fsp3) is 0.308. The van der Waals surface area contributed by atoms with Crippen molar-refractivity contribution in [2.45, 2.75) is 25.2 Å². The van der Waals surface area contributed by atoms with Crippen molar-refractivity contribution in [3.05, 3.63) is 53.9 Å². The van der Waals surface area contributed by atoms with Gasteiger partial charge in [0.25, 0.3) is 0 Å². The summed E-state index contributed by atoms with van der Waals surface area (Å²) in [6, 6.07) is 5.87. The van der Waals surface area contributed by atoms with E-state index in [0.29, 0.717) is 5.56 Å². The first-order chi connectivity index (χ1) is 8.89. The molecule has 0 aliphatic rings. The summed E-state index contributed by atoms with van der Waals surface area (Å²) in [5.74, 6) is 0. The molecule has 0 aliphatic heterocycles. The molecule has 0 saturated heterocycles. The van der Waals surface area contributed by atoms with Crippen molar-refractivity contribution >= 4 is 0 Å². The van der Waals surface area contributed by atoms with Crippen molar-refractivity contribution in [1.82, 2.24) is 9.78 Å². The van der Waals surface area contributed by atoms with E-state index in [4.69, 9.17) is 0 Å². The van der Waals surface area contributed by atoms with Gasteiger partial charge < -0.3 is 5.11 Å². The zero-order valence-corrected chi connectivity index (χ0v) is 10.2. The van der Waals surface area contributed by atoms with E-state index in [2.05, 4.69) is 5.10 Å². The number of benzene rings is 1. The van der Waals surface area contributed by atoms with Crippen molar-refractivity contribution in [3.8, 4) is 0 Å². The summed E-state index contributed by atoms with van der Waals surface area (Å²) in [6.07, 6.45) is -2.01. The average molecular weight is 270 g/mol. The summed E-state index contributed by atoms with van der Waals surface area (Å²) in [5.41, 5.74) is -0.300. The highest BCUT2D eigenvalue weighted by Crippen LogP contribution is 2.31. The largest absolute Gasteiger partial charge is 0.416 e. The van der Waals surface area contributed by atoms with Gasteiger partial charge in [-0.15, -0.1) is 0 Å². The molecule has 3 nitrogen and oxygen atoms in total. The number of alkyl halides is 3. The maximum absolute atomic E-state index is 12.4. The van der Waals surface area contributed by atoms with Gasteiger partial charge in [-0.25, -0.2) is 0 Å². The molecule has 2 unspecified atom stereocenters. The lowest BCUT2D eigenvalue weighted by Gasteiger charge is -2.20. The number of hydrogen-bond acceptors (Lipinski definition) is 2. The van der Waals surface area contributed by atoms with Crippen molar-refractivity contribution < 1.29 is 18.3 Å². The van der Waals surface area contributed by atoms with Crippen molar-refractivity contribution in [1.29, 1.82) is 0 Å². The van der Waals surface area contributed by atoms with Crippen molar-refractivity contribution in [3.63, 3.8) is 0 Å². The first-order valence-corrected chi connectivity index (χ1v) is 5.74. The predicted octanol–water partition coefficient (Wildman–Crippen LogP) is 3.20. The normalized spacial score (nSPS) is 15.2. The Labute approximate surface area is 108 Å². The van der Waals surface area contributed by atoms with Gasteiger partial charge in [0.1, 0.15) is 6.10 Å². The summed E-state index contributed by atoms with van der Waals surface area (Å²) in [7, 11) is 0. The Morgan fingerprint density at radius 3 is 2.32 bits per heavy atom. The highest BCUT2D eigenvalue weighted by molar-refractivity contribution is 5.26. The molecule has 0 radical (unpaired) electrons. The van der Waals surface area contributed by atoms with Gasteiger partial charge in [0.15, 0.2) is 0 Å². The van der Waals surface area contributed by atoms with Crippen LogP contribution in [0.2, 0.25) is 0 Å². The Balaban J connectivity index is 2.18. The fourth-order valence-corrected chi connectivity index (χ4v) is 1.81. The summed E-state index contributed by atoms with van der Waals surface area (Å²) in [5, 5.41) is 14.1. The molecule has 0 aliphatic carbocycles. The van der Waals surface area contributed by atoms with Gasteiger partial charge in [-0.3, -0.25) is 4.68 Å². The Kier molecular flexibility index (Phi) is 3.61. The van der Waals surface area contributed by atoms with Gasteiger partial charge in [-0.05, 0) is 30.7 Å². The third kappa shape index (κ3) is 2.96. The van der Waals surface area contributed by atoms with Crippen LogP contribution in [0.1, 0.15) is 30.2 Å². The highest BCUT2D eigenvalue weighted by atomic mass is 19.4. The van der Waals surface area contributed by atoms with Crippen LogP contribution in [0.3, 0.4) is 0 Å². The van der Waals surface area contributed by atoms with Crippen LogP contribution in [0.5, 0.6) is 0 Å². The second kappa shape index (κ2) is 5.05. The molecule has 0 saturated carbocycles. The number of aromatic nitrogens is 2. The van der Waals surface area contributed by atoms with Gasteiger partial charge in [0.05, 0.1) is 11.6 Å². The van der Waals surface area contributed by atoms with Gasteiger partial charge in [-0.2, -0.15) is 18.3 Å². The minimum Gasteiger partial charge on any atom is -0.386 e. The molecule has 0 amide bonds. The highest BCUT2D eigenvalue weighted by Gasteiger charge is 2.30. The van der Waals surface area contributed by atoms with Gasteiger partial charge in [-0.1, -0.05) is 12.1 Å². The number of nitrogens with zero attached hydrogens (tertiary/aromatic N) is 2. The third-order valence-corrected chi connectivity index (χ3v) is 2.98. The molecule has 2 rings (SSSR count). The van der Waals surface area contributed by atoms with E-state index in [1.54, 1.807) is 30.1 Å². The second-order valence-electron chi connectivity index (χ2n) is 4.29. The van der Waals surface area contributed by atoms with Crippen LogP contribution < -0.4 is 0 Å². The first kappa shape index (κ1) is 13.6. The molecule has 1 heterocycles. The first-order valence-electron chi connectivity index (χ1n) is 5.74. The average Bonchev–Trinajstić information content (AvgIpc) is 2.90. The van der Waals surface area contributed by atoms with Crippen LogP contribution in [0.25, 0.3) is 0 Å². The van der Waals surface area contributed by atoms with Crippen molar-refractivity contribution in [2.75, 3.05) is 0 Å². The van der Waals surface area contributed by atoms with Crippen LogP contribution in [0.15, 0.2) is 42.7 Å². The molecule has 6 heteroatoms. The maximum atomic E-state index is 12.4. The molecule has 1 aromatic heterocycles. The molecular weight excluding hydrogens is 257 g/mol. The van der Waals surface area contributed by atoms with Gasteiger partial charge in [0.2, 0.25) is 0 Å². The van der Waals surface area contributed by atoms with E-state index in [-0.39, 0.29) is 6.04 Å². The van der Waals surface area contributed by atoms with Crippen LogP contribution >= 0.6 is 0 Å².